The molecule has 0 aliphatic carbocycles. The predicted octanol–water partition coefficient (Wildman–Crippen LogP) is 3.22. The maximum absolute atomic E-state index is 13.7. The van der Waals surface area contributed by atoms with E-state index in [4.69, 9.17) is 0 Å². The normalized spacial score (nSPS) is 10.6. The lowest BCUT2D eigenvalue weighted by Gasteiger charge is -2.01. The number of halogens is 2. The van der Waals surface area contributed by atoms with Crippen LogP contribution in [0.5, 0.6) is 0 Å². The van der Waals surface area contributed by atoms with E-state index < -0.39 is 11.6 Å². The zero-order chi connectivity index (χ0) is 12.4. The van der Waals surface area contributed by atoms with Gasteiger partial charge in [-0.15, -0.1) is 10.2 Å². The predicted molar refractivity (Wildman–Crippen MR) is 64.2 cm³/mol. The van der Waals surface area contributed by atoms with E-state index in [1.54, 1.807) is 0 Å². The maximum atomic E-state index is 13.7. The molecule has 0 saturated carbocycles. The van der Waals surface area contributed by atoms with E-state index in [0.717, 1.165) is 0 Å². The SMILES string of the molecule is CCNc1nnc(-c2ccc(C)c(F)c2F)s1. The fraction of sp³-hybridized carbons (Fsp3) is 0.273. The fourth-order valence-electron chi connectivity index (χ4n) is 1.37. The van der Waals surface area contributed by atoms with Crippen molar-refractivity contribution in [1.29, 1.82) is 0 Å². The monoisotopic (exact) mass is 255 g/mol. The van der Waals surface area contributed by atoms with Crippen LogP contribution in [0.25, 0.3) is 10.6 Å². The molecule has 0 bridgehead atoms. The summed E-state index contributed by atoms with van der Waals surface area (Å²) in [6.45, 7) is 4.15. The first kappa shape index (κ1) is 11.9. The van der Waals surface area contributed by atoms with Gasteiger partial charge in [0.05, 0.1) is 5.56 Å². The van der Waals surface area contributed by atoms with Gasteiger partial charge in [0, 0.05) is 6.54 Å². The number of aryl methyl sites for hydroxylation is 1. The molecule has 90 valence electrons. The smallest absolute Gasteiger partial charge is 0.205 e. The topological polar surface area (TPSA) is 37.8 Å². The van der Waals surface area contributed by atoms with Gasteiger partial charge in [0.25, 0.3) is 0 Å². The summed E-state index contributed by atoms with van der Waals surface area (Å²) in [5.41, 5.74) is 0.428. The van der Waals surface area contributed by atoms with Crippen molar-refractivity contribution >= 4 is 16.5 Å². The molecule has 0 aliphatic rings. The molecule has 3 nitrogen and oxygen atoms in total. The molecule has 0 spiro atoms. The summed E-state index contributed by atoms with van der Waals surface area (Å²) >= 11 is 1.20. The Labute approximate surface area is 102 Å². The molecule has 17 heavy (non-hydrogen) atoms. The second kappa shape index (κ2) is 4.75. The van der Waals surface area contributed by atoms with E-state index in [-0.39, 0.29) is 11.1 Å². The van der Waals surface area contributed by atoms with Crippen LogP contribution in [0.4, 0.5) is 13.9 Å². The molecule has 2 rings (SSSR count). The third-order valence-electron chi connectivity index (χ3n) is 2.26. The number of hydrogen-bond acceptors (Lipinski definition) is 4. The molecule has 2 aromatic rings. The molecule has 0 aliphatic heterocycles. The van der Waals surface area contributed by atoms with Crippen molar-refractivity contribution in [2.45, 2.75) is 13.8 Å². The Bertz CT molecular complexity index is 540. The molecule has 0 atom stereocenters. The van der Waals surface area contributed by atoms with Gasteiger partial charge in [0.2, 0.25) is 5.13 Å². The van der Waals surface area contributed by atoms with Crippen molar-refractivity contribution < 1.29 is 8.78 Å². The summed E-state index contributed by atoms with van der Waals surface area (Å²) in [7, 11) is 0. The number of hydrogen-bond donors (Lipinski definition) is 1. The summed E-state index contributed by atoms with van der Waals surface area (Å²) in [5, 5.41) is 11.6. The number of benzene rings is 1. The molecule has 1 aromatic carbocycles. The molecular formula is C11H11F2N3S. The molecule has 0 radical (unpaired) electrons. The third-order valence-corrected chi connectivity index (χ3v) is 3.17. The molecule has 0 fully saturated rings. The van der Waals surface area contributed by atoms with Gasteiger partial charge in [-0.2, -0.15) is 0 Å². The van der Waals surface area contributed by atoms with Crippen LogP contribution in [0.15, 0.2) is 12.1 Å². The van der Waals surface area contributed by atoms with Crippen molar-refractivity contribution in [3.63, 3.8) is 0 Å². The number of nitrogens with zero attached hydrogens (tertiary/aromatic N) is 2. The molecule has 1 heterocycles. The molecular weight excluding hydrogens is 244 g/mol. The Morgan fingerprint density at radius 3 is 2.71 bits per heavy atom. The Balaban J connectivity index is 2.42. The molecule has 0 unspecified atom stereocenters. The van der Waals surface area contributed by atoms with Crippen LogP contribution in [-0.4, -0.2) is 16.7 Å². The molecule has 1 aromatic heterocycles. The Morgan fingerprint density at radius 1 is 1.24 bits per heavy atom. The molecule has 0 amide bonds. The highest BCUT2D eigenvalue weighted by Gasteiger charge is 2.15. The van der Waals surface area contributed by atoms with Crippen LogP contribution < -0.4 is 5.32 Å². The highest BCUT2D eigenvalue weighted by Crippen LogP contribution is 2.30. The Morgan fingerprint density at radius 2 is 2.00 bits per heavy atom. The van der Waals surface area contributed by atoms with Gasteiger partial charge < -0.3 is 5.32 Å². The highest BCUT2D eigenvalue weighted by atomic mass is 32.1. The van der Waals surface area contributed by atoms with E-state index in [1.807, 2.05) is 6.92 Å². The third kappa shape index (κ3) is 2.26. The van der Waals surface area contributed by atoms with E-state index in [1.165, 1.54) is 30.4 Å². The van der Waals surface area contributed by atoms with Gasteiger partial charge in [0.15, 0.2) is 16.6 Å². The van der Waals surface area contributed by atoms with Gasteiger partial charge in [0.1, 0.15) is 0 Å². The fourth-order valence-corrected chi connectivity index (χ4v) is 2.20. The van der Waals surface area contributed by atoms with Crippen LogP contribution in [-0.2, 0) is 0 Å². The molecule has 6 heteroatoms. The van der Waals surface area contributed by atoms with Gasteiger partial charge >= 0.3 is 0 Å². The Hall–Kier alpha value is -1.56. The van der Waals surface area contributed by atoms with Crippen molar-refractivity contribution in [1.82, 2.24) is 10.2 Å². The Kier molecular flexibility index (Phi) is 3.33. The van der Waals surface area contributed by atoms with E-state index >= 15 is 0 Å². The van der Waals surface area contributed by atoms with Crippen molar-refractivity contribution in [3.05, 3.63) is 29.3 Å². The summed E-state index contributed by atoms with van der Waals surface area (Å²) < 4.78 is 27.1. The average molecular weight is 255 g/mol. The number of nitrogens with one attached hydrogen (secondary N) is 1. The zero-order valence-corrected chi connectivity index (χ0v) is 10.2. The summed E-state index contributed by atoms with van der Waals surface area (Å²) in [6, 6.07) is 3.05. The number of anilines is 1. The van der Waals surface area contributed by atoms with Crippen LogP contribution in [0.2, 0.25) is 0 Å². The van der Waals surface area contributed by atoms with E-state index in [9.17, 15) is 8.78 Å². The minimum Gasteiger partial charge on any atom is -0.360 e. The largest absolute Gasteiger partial charge is 0.360 e. The van der Waals surface area contributed by atoms with Gasteiger partial charge in [-0.05, 0) is 25.5 Å². The summed E-state index contributed by atoms with van der Waals surface area (Å²) in [4.78, 5) is 0. The average Bonchev–Trinajstić information content (AvgIpc) is 2.75. The zero-order valence-electron chi connectivity index (χ0n) is 9.42. The van der Waals surface area contributed by atoms with Crippen molar-refractivity contribution in [2.24, 2.45) is 0 Å². The van der Waals surface area contributed by atoms with Crippen LogP contribution in [0.1, 0.15) is 12.5 Å². The first-order valence-electron chi connectivity index (χ1n) is 5.15. The minimum atomic E-state index is -0.871. The maximum Gasteiger partial charge on any atom is 0.205 e. The second-order valence-electron chi connectivity index (χ2n) is 3.50. The first-order valence-corrected chi connectivity index (χ1v) is 5.97. The minimum absolute atomic E-state index is 0.148. The lowest BCUT2D eigenvalue weighted by atomic mass is 10.1. The van der Waals surface area contributed by atoms with Crippen LogP contribution in [0, 0.1) is 18.6 Å². The summed E-state index contributed by atoms with van der Waals surface area (Å²) in [6.07, 6.45) is 0. The molecule has 1 N–H and O–H groups in total. The summed E-state index contributed by atoms with van der Waals surface area (Å²) in [5.74, 6) is -1.70. The highest BCUT2D eigenvalue weighted by molar-refractivity contribution is 7.18. The second-order valence-corrected chi connectivity index (χ2v) is 4.48. The number of rotatable bonds is 3. The van der Waals surface area contributed by atoms with Crippen molar-refractivity contribution in [3.8, 4) is 10.6 Å². The van der Waals surface area contributed by atoms with Crippen LogP contribution in [0.3, 0.4) is 0 Å². The quantitative estimate of drug-likeness (QED) is 0.915. The standard InChI is InChI=1S/C11H11F2N3S/c1-3-14-11-16-15-10(17-11)7-5-4-6(2)8(12)9(7)13/h4-5H,3H2,1-2H3,(H,14,16). The number of aromatic nitrogens is 2. The van der Waals surface area contributed by atoms with Crippen molar-refractivity contribution in [2.75, 3.05) is 11.9 Å². The van der Waals surface area contributed by atoms with E-state index in [0.29, 0.717) is 16.7 Å². The van der Waals surface area contributed by atoms with Crippen LogP contribution >= 0.6 is 11.3 Å². The van der Waals surface area contributed by atoms with E-state index in [2.05, 4.69) is 15.5 Å². The lowest BCUT2D eigenvalue weighted by Crippen LogP contribution is -1.94. The molecule has 0 saturated heterocycles. The first-order chi connectivity index (χ1) is 8.13. The van der Waals surface area contributed by atoms with Gasteiger partial charge in [-0.3, -0.25) is 0 Å². The van der Waals surface area contributed by atoms with Gasteiger partial charge in [-0.1, -0.05) is 17.4 Å². The van der Waals surface area contributed by atoms with Gasteiger partial charge in [-0.25, -0.2) is 8.78 Å². The lowest BCUT2D eigenvalue weighted by molar-refractivity contribution is 0.505.